The molecule has 2 fully saturated rings. The van der Waals surface area contributed by atoms with Crippen LogP contribution in [-0.4, -0.2) is 31.0 Å². The molecule has 2 aliphatic heterocycles. The van der Waals surface area contributed by atoms with Crippen LogP contribution in [0.4, 0.5) is 17.1 Å². The maximum absolute atomic E-state index is 5.79. The SMILES string of the molecule is CCCCCCC1(CCCCCC)c2cc(N(c3ccc(-c4ccc(C5OCCO5)cc4)cc3)c3ccc(-c4ccc(C5OCCO5)cc4)cc3)ccc2-c2ccc(-n3c4ccccc4c4ccccc43)cc21. The molecule has 0 N–H and O–H groups in total. The van der Waals surface area contributed by atoms with Crippen molar-refractivity contribution < 1.29 is 18.9 Å². The molecule has 1 aromatic heterocycles. The molecule has 0 bridgehead atoms. The lowest BCUT2D eigenvalue weighted by Gasteiger charge is -2.34. The number of hydrogen-bond acceptors (Lipinski definition) is 5. The van der Waals surface area contributed by atoms with Crippen LogP contribution in [0.25, 0.3) is 60.9 Å². The van der Waals surface area contributed by atoms with Gasteiger partial charge < -0.3 is 28.4 Å². The third-order valence-electron chi connectivity index (χ3n) is 15.9. The average molecular weight is 963 g/mol. The van der Waals surface area contributed by atoms with Crippen LogP contribution >= 0.6 is 0 Å². The van der Waals surface area contributed by atoms with Crippen molar-refractivity contribution >= 4 is 38.9 Å². The first kappa shape index (κ1) is 47.2. The predicted octanol–water partition coefficient (Wildman–Crippen LogP) is 17.9. The molecule has 0 spiro atoms. The second kappa shape index (κ2) is 21.0. The smallest absolute Gasteiger partial charge is 0.184 e. The number of unbranched alkanes of at least 4 members (excludes halogenated alkanes) is 6. The summed E-state index contributed by atoms with van der Waals surface area (Å²) in [5.41, 5.74) is 19.5. The van der Waals surface area contributed by atoms with E-state index < -0.39 is 0 Å². The summed E-state index contributed by atoms with van der Waals surface area (Å²) in [5, 5.41) is 2.59. The van der Waals surface area contributed by atoms with Gasteiger partial charge in [-0.15, -0.1) is 0 Å². The highest BCUT2D eigenvalue weighted by Gasteiger charge is 2.43. The molecule has 3 aliphatic rings. The average Bonchev–Trinajstić information content (AvgIpc) is 4.29. The summed E-state index contributed by atoms with van der Waals surface area (Å²) in [6.45, 7) is 7.18. The summed E-state index contributed by atoms with van der Waals surface area (Å²) in [4.78, 5) is 2.47. The molecule has 6 nitrogen and oxygen atoms in total. The fourth-order valence-corrected chi connectivity index (χ4v) is 12.1. The summed E-state index contributed by atoms with van der Waals surface area (Å²) in [7, 11) is 0. The first-order chi connectivity index (χ1) is 36.1. The molecule has 0 unspecified atom stereocenters. The van der Waals surface area contributed by atoms with Crippen molar-refractivity contribution in [2.45, 2.75) is 96.1 Å². The molecule has 3 heterocycles. The lowest BCUT2D eigenvalue weighted by atomic mass is 9.70. The van der Waals surface area contributed by atoms with Gasteiger partial charge in [0.05, 0.1) is 37.5 Å². The Hall–Kier alpha value is -6.80. The highest BCUT2D eigenvalue weighted by molar-refractivity contribution is 6.09. The maximum atomic E-state index is 5.79. The Labute approximate surface area is 431 Å². The molecule has 0 atom stereocenters. The van der Waals surface area contributed by atoms with Crippen LogP contribution < -0.4 is 4.90 Å². The minimum absolute atomic E-state index is 0.141. The second-order valence-corrected chi connectivity index (χ2v) is 20.4. The Bertz CT molecular complexity index is 3160. The van der Waals surface area contributed by atoms with E-state index in [4.69, 9.17) is 18.9 Å². The lowest BCUT2D eigenvalue weighted by molar-refractivity contribution is -0.0443. The first-order valence-electron chi connectivity index (χ1n) is 27.1. The lowest BCUT2D eigenvalue weighted by Crippen LogP contribution is -2.26. The summed E-state index contributed by atoms with van der Waals surface area (Å²) in [6, 6.07) is 68.0. The molecular formula is C67H66N2O4. The highest BCUT2D eigenvalue weighted by Crippen LogP contribution is 2.56. The minimum atomic E-state index is -0.287. The third-order valence-corrected chi connectivity index (χ3v) is 15.9. The number of para-hydroxylation sites is 2. The zero-order valence-electron chi connectivity index (χ0n) is 42.4. The van der Waals surface area contributed by atoms with E-state index in [2.05, 4.69) is 205 Å². The molecule has 2 saturated heterocycles. The van der Waals surface area contributed by atoms with Crippen molar-refractivity contribution in [3.63, 3.8) is 0 Å². The van der Waals surface area contributed by atoms with E-state index in [-0.39, 0.29) is 18.0 Å². The zero-order valence-corrected chi connectivity index (χ0v) is 42.4. The number of aromatic nitrogens is 1. The van der Waals surface area contributed by atoms with E-state index in [9.17, 15) is 0 Å². The van der Waals surface area contributed by atoms with Gasteiger partial charge in [-0.25, -0.2) is 0 Å². The molecule has 0 saturated carbocycles. The predicted molar refractivity (Wildman–Crippen MR) is 299 cm³/mol. The Morgan fingerprint density at radius 3 is 1.30 bits per heavy atom. The van der Waals surface area contributed by atoms with E-state index in [0.717, 1.165) is 57.6 Å². The van der Waals surface area contributed by atoms with Gasteiger partial charge in [0.1, 0.15) is 0 Å². The van der Waals surface area contributed by atoms with Crippen molar-refractivity contribution in [2.75, 3.05) is 31.3 Å². The maximum Gasteiger partial charge on any atom is 0.184 e. The number of ether oxygens (including phenoxy) is 4. The van der Waals surface area contributed by atoms with Gasteiger partial charge in [0.2, 0.25) is 0 Å². The zero-order chi connectivity index (χ0) is 49.1. The first-order valence-corrected chi connectivity index (χ1v) is 27.1. The topological polar surface area (TPSA) is 45.1 Å². The molecule has 9 aromatic rings. The minimum Gasteiger partial charge on any atom is -0.346 e. The van der Waals surface area contributed by atoms with E-state index >= 15 is 0 Å². The van der Waals surface area contributed by atoms with Crippen LogP contribution in [0.1, 0.15) is 113 Å². The number of rotatable bonds is 18. The number of fused-ring (bicyclic) bond motifs is 6. The van der Waals surface area contributed by atoms with Gasteiger partial charge in [-0.2, -0.15) is 0 Å². The van der Waals surface area contributed by atoms with Crippen LogP contribution in [0.5, 0.6) is 0 Å². The van der Waals surface area contributed by atoms with Crippen LogP contribution in [-0.2, 0) is 24.4 Å². The van der Waals surface area contributed by atoms with Gasteiger partial charge in [-0.3, -0.25) is 0 Å². The van der Waals surface area contributed by atoms with E-state index in [0.29, 0.717) is 26.4 Å². The summed E-state index contributed by atoms with van der Waals surface area (Å²) in [6.07, 6.45) is 11.5. The molecule has 73 heavy (non-hydrogen) atoms. The quantitative estimate of drug-likeness (QED) is 0.0802. The van der Waals surface area contributed by atoms with Crippen LogP contribution in [0.2, 0.25) is 0 Å². The van der Waals surface area contributed by atoms with Crippen LogP contribution in [0, 0.1) is 0 Å². The van der Waals surface area contributed by atoms with E-state index in [1.54, 1.807) is 0 Å². The number of benzene rings is 8. The Morgan fingerprint density at radius 2 is 0.836 bits per heavy atom. The largest absolute Gasteiger partial charge is 0.346 e. The Morgan fingerprint density at radius 1 is 0.425 bits per heavy atom. The van der Waals surface area contributed by atoms with Crippen molar-refractivity contribution in [3.05, 3.63) is 204 Å². The van der Waals surface area contributed by atoms with Gasteiger partial charge in [0.15, 0.2) is 12.6 Å². The Kier molecular flexibility index (Phi) is 13.6. The number of nitrogens with zero attached hydrogens (tertiary/aromatic N) is 2. The molecule has 12 rings (SSSR count). The van der Waals surface area contributed by atoms with Gasteiger partial charge in [-0.05, 0) is 118 Å². The number of anilines is 3. The summed E-state index contributed by atoms with van der Waals surface area (Å²) < 4.78 is 25.7. The van der Waals surface area contributed by atoms with Crippen molar-refractivity contribution in [1.82, 2.24) is 4.57 Å². The van der Waals surface area contributed by atoms with Gasteiger partial charge in [0.25, 0.3) is 0 Å². The van der Waals surface area contributed by atoms with E-state index in [1.807, 2.05) is 0 Å². The van der Waals surface area contributed by atoms with Gasteiger partial charge in [0, 0.05) is 50.1 Å². The molecule has 0 amide bonds. The highest BCUT2D eigenvalue weighted by atomic mass is 16.7. The standard InChI is InChI=1S/C67H66N2O4/c1-3-5-7-13-39-67(40-14-8-6-4-2)61-45-55(35-37-57(61)58-38-36-56(46-62(58)67)69-63-17-11-9-15-59(63)60-16-10-12-18-64(60)69)68(53-31-27-49(28-32-53)47-19-23-51(24-20-47)65-70-41-42-71-65)54-33-29-50(30-34-54)48-21-25-52(26-22-48)66-72-43-44-73-66/h9-12,15-38,45-46,65-66H,3-8,13-14,39-44H2,1-2H3. The van der Waals surface area contributed by atoms with Crippen LogP contribution in [0.3, 0.4) is 0 Å². The number of hydrogen-bond donors (Lipinski definition) is 0. The molecule has 6 heteroatoms. The summed E-state index contributed by atoms with van der Waals surface area (Å²) in [5.74, 6) is 0. The van der Waals surface area contributed by atoms with E-state index in [1.165, 1.54) is 107 Å². The van der Waals surface area contributed by atoms with Gasteiger partial charge in [-0.1, -0.05) is 187 Å². The fourth-order valence-electron chi connectivity index (χ4n) is 12.1. The molecular weight excluding hydrogens is 897 g/mol. The van der Waals surface area contributed by atoms with Crippen LogP contribution in [0.15, 0.2) is 182 Å². The third kappa shape index (κ3) is 9.10. The molecule has 8 aromatic carbocycles. The molecule has 368 valence electrons. The summed E-state index contributed by atoms with van der Waals surface area (Å²) >= 11 is 0. The Balaban J connectivity index is 0.971. The van der Waals surface area contributed by atoms with Gasteiger partial charge >= 0.3 is 0 Å². The fraction of sp³-hybridized carbons (Fsp3) is 0.284. The second-order valence-electron chi connectivity index (χ2n) is 20.4. The monoisotopic (exact) mass is 963 g/mol. The van der Waals surface area contributed by atoms with Crippen molar-refractivity contribution in [1.29, 1.82) is 0 Å². The molecule has 0 radical (unpaired) electrons. The van der Waals surface area contributed by atoms with Crippen molar-refractivity contribution in [2.24, 2.45) is 0 Å². The molecule has 1 aliphatic carbocycles. The van der Waals surface area contributed by atoms with Crippen molar-refractivity contribution in [3.8, 4) is 39.1 Å². The normalized spacial score (nSPS) is 15.4.